The van der Waals surface area contributed by atoms with Crippen LogP contribution in [0.4, 0.5) is 5.82 Å². The summed E-state index contributed by atoms with van der Waals surface area (Å²) >= 11 is 0. The summed E-state index contributed by atoms with van der Waals surface area (Å²) in [6.07, 6.45) is -0.668. The number of phosphoric ester groups is 1. The van der Waals surface area contributed by atoms with Crippen molar-refractivity contribution >= 4 is 54.4 Å². The number of ether oxygens (including phenoxy) is 1. The van der Waals surface area contributed by atoms with Crippen molar-refractivity contribution < 1.29 is 33.8 Å². The van der Waals surface area contributed by atoms with Crippen molar-refractivity contribution in [2.75, 3.05) is 12.3 Å². The zero-order chi connectivity index (χ0) is 15.5. The Morgan fingerprint density at radius 2 is 2.00 bits per heavy atom. The molecule has 0 aromatic carbocycles. The molecule has 12 nitrogen and oxygen atoms in total. The van der Waals surface area contributed by atoms with Gasteiger partial charge in [-0.1, -0.05) is 0 Å². The summed E-state index contributed by atoms with van der Waals surface area (Å²) in [6.45, 7) is -0.384. The molecule has 1 unspecified atom stereocenters. The predicted molar refractivity (Wildman–Crippen MR) is 79.7 cm³/mol. The Labute approximate surface area is 157 Å². The molecule has 0 amide bonds. The van der Waals surface area contributed by atoms with Crippen LogP contribution in [-0.4, -0.2) is 89.5 Å². The average Bonchev–Trinajstić information content (AvgIpc) is 3.10. The van der Waals surface area contributed by atoms with Crippen molar-refractivity contribution in [2.45, 2.75) is 24.5 Å². The number of anilines is 1. The van der Waals surface area contributed by atoms with Gasteiger partial charge in [0, 0.05) is 29.6 Å². The Kier molecular flexibility index (Phi) is 5.67. The fraction of sp³-hybridized carbons (Fsp3) is 0.500. The van der Waals surface area contributed by atoms with E-state index in [4.69, 9.17) is 19.5 Å². The van der Waals surface area contributed by atoms with Gasteiger partial charge in [-0.25, -0.2) is 19.5 Å². The molecule has 6 N–H and O–H groups in total. The molecule has 2 aliphatic rings. The molecule has 0 spiro atoms. The summed E-state index contributed by atoms with van der Waals surface area (Å²) in [5, 5.41) is 9.35. The average molecular weight is 370 g/mol. The van der Waals surface area contributed by atoms with E-state index in [0.29, 0.717) is 11.2 Å². The van der Waals surface area contributed by atoms with E-state index < -0.39 is 32.4 Å². The van der Waals surface area contributed by atoms with Crippen LogP contribution >= 0.6 is 7.82 Å². The molecule has 2 fully saturated rings. The van der Waals surface area contributed by atoms with Gasteiger partial charge in [0.15, 0.2) is 17.7 Å². The molecule has 24 heavy (non-hydrogen) atoms. The second kappa shape index (κ2) is 6.92. The molecular weight excluding hydrogens is 356 g/mol. The number of imidazole rings is 1. The number of fused-ring (bicyclic) bond motifs is 2. The Morgan fingerprint density at radius 1 is 1.29 bits per heavy atom. The van der Waals surface area contributed by atoms with Crippen molar-refractivity contribution in [2.24, 2.45) is 0 Å². The van der Waals surface area contributed by atoms with Gasteiger partial charge in [-0.2, -0.15) is 0 Å². The van der Waals surface area contributed by atoms with Gasteiger partial charge in [-0.3, -0.25) is 13.6 Å². The normalized spacial score (nSPS) is 34.6. The molecule has 2 aromatic rings. The van der Waals surface area contributed by atoms with Crippen molar-refractivity contribution in [1.82, 2.24) is 19.5 Å². The van der Waals surface area contributed by atoms with Gasteiger partial charge in [-0.05, 0) is 0 Å². The first-order valence-corrected chi connectivity index (χ1v) is 7.88. The van der Waals surface area contributed by atoms with Crippen LogP contribution in [0.5, 0.6) is 0 Å². The summed E-state index contributed by atoms with van der Waals surface area (Å²) in [5.74, 6) is 0.202. The predicted octanol–water partition coefficient (Wildman–Crippen LogP) is -2.02. The number of hydrogen-bond donors (Lipinski definition) is 3. The molecule has 2 aliphatic heterocycles. The first kappa shape index (κ1) is 19.7. The molecule has 0 aliphatic carbocycles. The number of nitrogens with zero attached hydrogens (tertiary/aromatic N) is 4. The van der Waals surface area contributed by atoms with E-state index >= 15 is 0 Å². The van der Waals surface area contributed by atoms with Crippen LogP contribution in [0.1, 0.15) is 6.23 Å². The maximum absolute atomic E-state index is 11.6. The van der Waals surface area contributed by atoms with Gasteiger partial charge in [0.25, 0.3) is 0 Å². The molecular formula is C10H14N5NaO7P. The number of nitrogens with two attached hydrogens (primary N) is 1. The minimum Gasteiger partial charge on any atom is -0.412 e. The molecule has 1 radical (unpaired) electrons. The number of aliphatic hydroxyl groups excluding tert-OH is 1. The first-order valence-electron chi connectivity index (χ1n) is 6.39. The van der Waals surface area contributed by atoms with Crippen LogP contribution in [0, 0.1) is 0 Å². The minimum atomic E-state index is -4.16. The van der Waals surface area contributed by atoms with E-state index in [1.54, 1.807) is 0 Å². The van der Waals surface area contributed by atoms with Crippen LogP contribution in [0.2, 0.25) is 0 Å². The SMILES string of the molecule is Nc1ncnc2c1ncn2[C@@H]1O[C@H](CO)[C@H]2OP(=O)(O)O[C@H]21.O.[Na]. The van der Waals surface area contributed by atoms with Gasteiger partial charge < -0.3 is 25.9 Å². The summed E-state index contributed by atoms with van der Waals surface area (Å²) in [6, 6.07) is 0. The standard InChI is InChI=1S/C10H12N5O6P.Na.H2O/c11-8-5-9(13-2-12-8)15(3-14-5)10-7-6(4(1-16)19-10)20-22(17,18)21-7;;/h2-4,6-7,10,16H,1H2,(H,17,18)(H2,11,12,13);;1H2/t4-,6-,7-,10-;;/m1../s1. The third-order valence-electron chi connectivity index (χ3n) is 3.64. The number of hydrogen-bond acceptors (Lipinski definition) is 9. The summed E-state index contributed by atoms with van der Waals surface area (Å²) in [5.41, 5.74) is 6.49. The zero-order valence-corrected chi connectivity index (χ0v) is 15.4. The number of nitrogen functional groups attached to an aromatic ring is 1. The molecule has 2 saturated heterocycles. The monoisotopic (exact) mass is 370 g/mol. The summed E-state index contributed by atoms with van der Waals surface area (Å²) < 4.78 is 28.8. The Bertz CT molecular complexity index is 790. The van der Waals surface area contributed by atoms with Crippen LogP contribution in [0.25, 0.3) is 11.2 Å². The molecule has 0 bridgehead atoms. The Balaban J connectivity index is 0.00000104. The third kappa shape index (κ3) is 2.99. The van der Waals surface area contributed by atoms with E-state index in [1.807, 2.05) is 0 Å². The smallest absolute Gasteiger partial charge is 0.412 e. The van der Waals surface area contributed by atoms with Crippen LogP contribution in [0.15, 0.2) is 12.7 Å². The summed E-state index contributed by atoms with van der Waals surface area (Å²) in [7, 11) is -4.16. The van der Waals surface area contributed by atoms with Gasteiger partial charge in [0.2, 0.25) is 0 Å². The van der Waals surface area contributed by atoms with Crippen molar-refractivity contribution in [3.63, 3.8) is 0 Å². The van der Waals surface area contributed by atoms with E-state index in [1.165, 1.54) is 17.2 Å². The topological polar surface area (TPSA) is 186 Å². The van der Waals surface area contributed by atoms with E-state index in [9.17, 15) is 14.6 Å². The molecule has 14 heteroatoms. The molecule has 2 aromatic heterocycles. The molecule has 127 valence electrons. The second-order valence-electron chi connectivity index (χ2n) is 4.94. The summed E-state index contributed by atoms with van der Waals surface area (Å²) in [4.78, 5) is 21.5. The number of rotatable bonds is 2. The van der Waals surface area contributed by atoms with E-state index in [-0.39, 0.29) is 47.5 Å². The fourth-order valence-corrected chi connectivity index (χ4v) is 3.85. The van der Waals surface area contributed by atoms with Crippen LogP contribution < -0.4 is 5.73 Å². The van der Waals surface area contributed by atoms with Crippen LogP contribution in [0.3, 0.4) is 0 Å². The second-order valence-corrected chi connectivity index (χ2v) is 6.30. The van der Waals surface area contributed by atoms with E-state index in [0.717, 1.165) is 0 Å². The van der Waals surface area contributed by atoms with Crippen molar-refractivity contribution in [3.05, 3.63) is 12.7 Å². The zero-order valence-electron chi connectivity index (χ0n) is 12.5. The first-order chi connectivity index (χ1) is 10.5. The maximum Gasteiger partial charge on any atom is 0.473 e. The molecule has 4 rings (SSSR count). The number of phosphoric acid groups is 1. The van der Waals surface area contributed by atoms with Gasteiger partial charge in [0.1, 0.15) is 30.2 Å². The van der Waals surface area contributed by atoms with Crippen LogP contribution in [-0.2, 0) is 18.3 Å². The largest absolute Gasteiger partial charge is 0.473 e. The quantitative estimate of drug-likeness (QED) is 0.393. The number of aromatic nitrogens is 4. The Morgan fingerprint density at radius 3 is 2.71 bits per heavy atom. The van der Waals surface area contributed by atoms with Gasteiger partial charge >= 0.3 is 7.82 Å². The van der Waals surface area contributed by atoms with E-state index in [2.05, 4.69) is 15.0 Å². The third-order valence-corrected chi connectivity index (χ3v) is 4.66. The minimum absolute atomic E-state index is 0. The number of aliphatic hydroxyl groups is 1. The molecule has 0 saturated carbocycles. The fourth-order valence-electron chi connectivity index (χ4n) is 2.71. The molecule has 5 atom stereocenters. The van der Waals surface area contributed by atoms with Gasteiger partial charge in [-0.15, -0.1) is 0 Å². The van der Waals surface area contributed by atoms with Crippen molar-refractivity contribution in [1.29, 1.82) is 0 Å². The van der Waals surface area contributed by atoms with Gasteiger partial charge in [0.05, 0.1) is 12.9 Å². The van der Waals surface area contributed by atoms with Crippen molar-refractivity contribution in [3.8, 4) is 0 Å². The molecule has 4 heterocycles. The Hall–Kier alpha value is -0.660. The maximum atomic E-state index is 11.6.